The van der Waals surface area contributed by atoms with Gasteiger partial charge in [-0.05, 0) is 12.1 Å². The zero-order valence-corrected chi connectivity index (χ0v) is 15.2. The van der Waals surface area contributed by atoms with E-state index in [9.17, 15) is 18.0 Å². The molecule has 3 rings (SSSR count). The Bertz CT molecular complexity index is 979. The van der Waals surface area contributed by atoms with Crippen LogP contribution in [0, 0.1) is 0 Å². The van der Waals surface area contributed by atoms with Gasteiger partial charge in [0, 0.05) is 32.6 Å². The number of carbonyl (C=O) groups excluding carboxylic acids is 1. The maximum absolute atomic E-state index is 13.2. The molecule has 0 unspecified atom stereocenters. The molecule has 0 aliphatic heterocycles. The lowest BCUT2D eigenvalue weighted by Gasteiger charge is -2.17. The van der Waals surface area contributed by atoms with Crippen LogP contribution in [0.25, 0.3) is 5.69 Å². The monoisotopic (exact) mass is 397 g/mol. The van der Waals surface area contributed by atoms with E-state index in [1.54, 1.807) is 36.1 Å². The van der Waals surface area contributed by atoms with Crippen LogP contribution in [0.3, 0.4) is 0 Å². The number of hydrogen-bond acceptors (Lipinski definition) is 3. The number of benzene rings is 1. The van der Waals surface area contributed by atoms with E-state index >= 15 is 0 Å². The van der Waals surface area contributed by atoms with Gasteiger partial charge in [-0.3, -0.25) is 4.79 Å². The molecule has 0 saturated heterocycles. The summed E-state index contributed by atoms with van der Waals surface area (Å²) in [4.78, 5) is 18.2. The molecule has 6 nitrogen and oxygen atoms in total. The van der Waals surface area contributed by atoms with Gasteiger partial charge in [-0.2, -0.15) is 18.3 Å². The van der Waals surface area contributed by atoms with Crippen molar-refractivity contribution in [3.05, 3.63) is 65.0 Å². The smallest absolute Gasteiger partial charge is 0.337 e. The minimum absolute atomic E-state index is 0.122. The van der Waals surface area contributed by atoms with Crippen LogP contribution in [0.4, 0.5) is 13.2 Å². The summed E-state index contributed by atoms with van der Waals surface area (Å²) in [6.45, 7) is 0.122. The summed E-state index contributed by atoms with van der Waals surface area (Å²) < 4.78 is 42.2. The zero-order chi connectivity index (χ0) is 19.8. The van der Waals surface area contributed by atoms with E-state index in [0.717, 1.165) is 10.7 Å². The van der Waals surface area contributed by atoms with Crippen LogP contribution in [-0.4, -0.2) is 37.2 Å². The third-order valence-electron chi connectivity index (χ3n) is 3.95. The highest BCUT2D eigenvalue weighted by atomic mass is 35.5. The molecular weight excluding hydrogens is 383 g/mol. The molecule has 0 aliphatic carbocycles. The fraction of sp³-hybridized carbons (Fsp3) is 0.235. The average molecular weight is 398 g/mol. The van der Waals surface area contributed by atoms with Gasteiger partial charge in [0.1, 0.15) is 11.5 Å². The van der Waals surface area contributed by atoms with Crippen molar-refractivity contribution in [3.63, 3.8) is 0 Å². The minimum Gasteiger partial charge on any atom is -0.337 e. The molecule has 2 aromatic heterocycles. The number of carbonyl (C=O) groups is 1. The topological polar surface area (TPSA) is 56.0 Å². The van der Waals surface area contributed by atoms with Crippen molar-refractivity contribution in [1.82, 2.24) is 24.2 Å². The summed E-state index contributed by atoms with van der Waals surface area (Å²) in [6.07, 6.45) is -1.41. The Hall–Kier alpha value is -2.81. The third-order valence-corrected chi connectivity index (χ3v) is 4.27. The number of rotatable bonds is 4. The molecule has 3 aromatic rings. The van der Waals surface area contributed by atoms with Crippen LogP contribution >= 0.6 is 11.6 Å². The SMILES string of the molecule is CN(Cc1nccn1C)C(=O)c1cc(C(F)(F)F)nn1-c1ccccc1Cl. The van der Waals surface area contributed by atoms with Gasteiger partial charge in [-0.15, -0.1) is 0 Å². The Morgan fingerprint density at radius 3 is 2.59 bits per heavy atom. The first-order chi connectivity index (χ1) is 12.7. The largest absolute Gasteiger partial charge is 0.435 e. The molecule has 0 bridgehead atoms. The Labute approximate surface area is 157 Å². The van der Waals surface area contributed by atoms with Crippen LogP contribution in [0.5, 0.6) is 0 Å². The molecular formula is C17H15ClF3N5O. The number of halogens is 4. The molecule has 0 aliphatic rings. The number of amides is 1. The lowest BCUT2D eigenvalue weighted by atomic mass is 10.2. The molecule has 10 heteroatoms. The van der Waals surface area contributed by atoms with Gasteiger partial charge in [-0.1, -0.05) is 23.7 Å². The van der Waals surface area contributed by atoms with Gasteiger partial charge < -0.3 is 9.47 Å². The quantitative estimate of drug-likeness (QED) is 0.676. The van der Waals surface area contributed by atoms with E-state index in [0.29, 0.717) is 5.82 Å². The molecule has 0 atom stereocenters. The lowest BCUT2D eigenvalue weighted by Crippen LogP contribution is -2.29. The van der Waals surface area contributed by atoms with Gasteiger partial charge in [-0.25, -0.2) is 9.67 Å². The van der Waals surface area contributed by atoms with Crippen molar-refractivity contribution in [1.29, 1.82) is 0 Å². The predicted octanol–water partition coefficient (Wildman–Crippen LogP) is 3.55. The van der Waals surface area contributed by atoms with E-state index in [4.69, 9.17) is 11.6 Å². The minimum atomic E-state index is -4.69. The van der Waals surface area contributed by atoms with Crippen molar-refractivity contribution < 1.29 is 18.0 Å². The second kappa shape index (κ2) is 7.07. The fourth-order valence-electron chi connectivity index (χ4n) is 2.51. The second-order valence-electron chi connectivity index (χ2n) is 5.89. The number of nitrogens with zero attached hydrogens (tertiary/aromatic N) is 5. The summed E-state index contributed by atoms with van der Waals surface area (Å²) in [5.41, 5.74) is -1.23. The fourth-order valence-corrected chi connectivity index (χ4v) is 2.72. The van der Waals surface area contributed by atoms with Crippen molar-refractivity contribution in [2.75, 3.05) is 7.05 Å². The number of aryl methyl sites for hydroxylation is 1. The number of alkyl halides is 3. The summed E-state index contributed by atoms with van der Waals surface area (Å²) in [7, 11) is 3.24. The van der Waals surface area contributed by atoms with E-state index < -0.39 is 17.8 Å². The van der Waals surface area contributed by atoms with Gasteiger partial charge in [0.05, 0.1) is 17.3 Å². The van der Waals surface area contributed by atoms with Crippen molar-refractivity contribution in [3.8, 4) is 5.69 Å². The summed E-state index contributed by atoms with van der Waals surface area (Å²) in [5.74, 6) is -0.0494. The van der Waals surface area contributed by atoms with Crippen LogP contribution in [0.1, 0.15) is 22.0 Å². The molecule has 27 heavy (non-hydrogen) atoms. The standard InChI is InChI=1S/C17H15ClF3N5O/c1-24-8-7-22-15(24)10-25(2)16(27)13-9-14(17(19,20)21)23-26(13)12-6-4-3-5-11(12)18/h3-9H,10H2,1-2H3. The Morgan fingerprint density at radius 1 is 1.30 bits per heavy atom. The van der Waals surface area contributed by atoms with Crippen LogP contribution in [0.2, 0.25) is 5.02 Å². The lowest BCUT2D eigenvalue weighted by molar-refractivity contribution is -0.141. The molecule has 1 aromatic carbocycles. The second-order valence-corrected chi connectivity index (χ2v) is 6.30. The Balaban J connectivity index is 2.03. The Morgan fingerprint density at radius 2 is 2.00 bits per heavy atom. The highest BCUT2D eigenvalue weighted by molar-refractivity contribution is 6.32. The normalized spacial score (nSPS) is 11.6. The zero-order valence-electron chi connectivity index (χ0n) is 14.4. The van der Waals surface area contributed by atoms with Crippen LogP contribution in [0.15, 0.2) is 42.7 Å². The summed E-state index contributed by atoms with van der Waals surface area (Å²) in [5, 5.41) is 3.75. The molecule has 0 spiro atoms. The maximum Gasteiger partial charge on any atom is 0.435 e. The summed E-state index contributed by atoms with van der Waals surface area (Å²) >= 11 is 6.09. The van der Waals surface area contributed by atoms with Gasteiger partial charge in [0.15, 0.2) is 5.69 Å². The van der Waals surface area contributed by atoms with Crippen LogP contribution < -0.4 is 0 Å². The van der Waals surface area contributed by atoms with E-state index in [1.165, 1.54) is 24.1 Å². The first-order valence-electron chi connectivity index (χ1n) is 7.82. The van der Waals surface area contributed by atoms with Crippen molar-refractivity contribution in [2.45, 2.75) is 12.7 Å². The first kappa shape index (κ1) is 19.0. The van der Waals surface area contributed by atoms with E-state index in [2.05, 4.69) is 10.1 Å². The highest BCUT2D eigenvalue weighted by Crippen LogP contribution is 2.31. The first-order valence-corrected chi connectivity index (χ1v) is 8.20. The Kier molecular flexibility index (Phi) is 4.97. The van der Waals surface area contributed by atoms with Crippen molar-refractivity contribution >= 4 is 17.5 Å². The number of hydrogen-bond donors (Lipinski definition) is 0. The summed E-state index contributed by atoms with van der Waals surface area (Å²) in [6, 6.07) is 6.96. The van der Waals surface area contributed by atoms with Gasteiger partial charge in [0.25, 0.3) is 5.91 Å². The molecule has 0 N–H and O–H groups in total. The van der Waals surface area contributed by atoms with Gasteiger partial charge >= 0.3 is 6.18 Å². The van der Waals surface area contributed by atoms with E-state index in [1.807, 2.05) is 0 Å². The molecule has 0 radical (unpaired) electrons. The predicted molar refractivity (Wildman–Crippen MR) is 92.6 cm³/mol. The molecule has 2 heterocycles. The maximum atomic E-state index is 13.2. The highest BCUT2D eigenvalue weighted by Gasteiger charge is 2.36. The molecule has 142 valence electrons. The number of aromatic nitrogens is 4. The van der Waals surface area contributed by atoms with E-state index in [-0.39, 0.29) is 22.9 Å². The molecule has 1 amide bonds. The number of imidazole rings is 1. The molecule has 0 fully saturated rings. The average Bonchev–Trinajstić information content (AvgIpc) is 3.21. The van der Waals surface area contributed by atoms with Crippen molar-refractivity contribution in [2.24, 2.45) is 7.05 Å². The van der Waals surface area contributed by atoms with Crippen LogP contribution in [-0.2, 0) is 19.8 Å². The molecule has 0 saturated carbocycles. The third kappa shape index (κ3) is 3.82. The number of para-hydroxylation sites is 1. The van der Waals surface area contributed by atoms with Gasteiger partial charge in [0.2, 0.25) is 0 Å².